The van der Waals surface area contributed by atoms with Gasteiger partial charge in [0.1, 0.15) is 21.4 Å². The average Bonchev–Trinajstić information content (AvgIpc) is 2.59. The number of carbonyl (C=O) groups is 1. The van der Waals surface area contributed by atoms with E-state index in [4.69, 9.17) is 5.11 Å². The van der Waals surface area contributed by atoms with E-state index in [2.05, 4.69) is 10.2 Å². The normalized spacial score (nSPS) is 11.4. The Bertz CT molecular complexity index is 1160. The Kier molecular flexibility index (Phi) is 6.34. The van der Waals surface area contributed by atoms with E-state index in [0.717, 1.165) is 0 Å². The molecule has 0 atom stereocenters. The Labute approximate surface area is 176 Å². The number of azo groups is 1. The van der Waals surface area contributed by atoms with Crippen LogP contribution in [0.2, 0.25) is 0 Å². The Balaban J connectivity index is 0.00000261. The zero-order valence-corrected chi connectivity index (χ0v) is 16.8. The summed E-state index contributed by atoms with van der Waals surface area (Å²) in [6, 6.07) is 12.6. The number of carboxylic acid groups (broad SMARTS) is 1. The Hall–Kier alpha value is -2.30. The number of rotatable bonds is 4. The number of hydrogen-bond acceptors (Lipinski definition) is 7. The van der Waals surface area contributed by atoms with Crippen LogP contribution in [0.1, 0.15) is 10.4 Å². The van der Waals surface area contributed by atoms with Crippen molar-refractivity contribution < 1.29 is 57.5 Å². The van der Waals surface area contributed by atoms with E-state index in [1.807, 2.05) is 0 Å². The number of aromatic carboxylic acids is 1. The van der Waals surface area contributed by atoms with E-state index in [9.17, 15) is 22.9 Å². The quantitative estimate of drug-likeness (QED) is 0.377. The molecule has 0 saturated carbocycles. The van der Waals surface area contributed by atoms with Crippen LogP contribution in [0.3, 0.4) is 0 Å². The third kappa shape index (κ3) is 4.90. The van der Waals surface area contributed by atoms with Crippen LogP contribution in [0.5, 0.6) is 5.75 Å². The van der Waals surface area contributed by atoms with Gasteiger partial charge in [0.2, 0.25) is 0 Å². The maximum atomic E-state index is 11.1. The zero-order chi connectivity index (χ0) is 18.9. The minimum absolute atomic E-state index is 0. The van der Waals surface area contributed by atoms with E-state index in [-0.39, 0.29) is 51.5 Å². The van der Waals surface area contributed by atoms with Crippen LogP contribution in [0, 0.1) is 0 Å². The van der Waals surface area contributed by atoms with Gasteiger partial charge in [0, 0.05) is 0 Å². The minimum atomic E-state index is -4.56. The fraction of sp³-hybridized carbons (Fsp3) is 0. The number of fused-ring (bicyclic) bond motifs is 1. The maximum absolute atomic E-state index is 11.1. The monoisotopic (exact) mass is 394 g/mol. The summed E-state index contributed by atoms with van der Waals surface area (Å²) in [7, 11) is -4.56. The van der Waals surface area contributed by atoms with E-state index < -0.39 is 16.1 Å². The molecule has 0 unspecified atom stereocenters. The van der Waals surface area contributed by atoms with Crippen molar-refractivity contribution in [3.05, 3.63) is 60.2 Å². The van der Waals surface area contributed by atoms with E-state index in [0.29, 0.717) is 16.5 Å². The van der Waals surface area contributed by atoms with Gasteiger partial charge < -0.3 is 14.8 Å². The van der Waals surface area contributed by atoms with Crippen molar-refractivity contribution in [2.24, 2.45) is 10.2 Å². The predicted molar refractivity (Wildman–Crippen MR) is 91.2 cm³/mol. The van der Waals surface area contributed by atoms with Gasteiger partial charge in [0.15, 0.2) is 0 Å². The van der Waals surface area contributed by atoms with E-state index >= 15 is 0 Å². The molecule has 0 radical (unpaired) electrons. The number of hydrogen-bond donors (Lipinski definition) is 2. The first-order chi connectivity index (χ1) is 12.2. The smallest absolute Gasteiger partial charge is 0.744 e. The minimum Gasteiger partial charge on any atom is -0.744 e. The molecule has 8 nitrogen and oxygen atoms in total. The summed E-state index contributed by atoms with van der Waals surface area (Å²) < 4.78 is 33.4. The third-order valence-corrected chi connectivity index (χ3v) is 4.41. The molecular formula is C17H11N2NaO6S. The van der Waals surface area contributed by atoms with Crippen LogP contribution in [-0.2, 0) is 10.1 Å². The van der Waals surface area contributed by atoms with Gasteiger partial charge in [-0.2, -0.15) is 10.2 Å². The molecule has 132 valence electrons. The van der Waals surface area contributed by atoms with Crippen molar-refractivity contribution in [3.8, 4) is 5.75 Å². The van der Waals surface area contributed by atoms with Gasteiger partial charge in [0.05, 0.1) is 16.3 Å². The van der Waals surface area contributed by atoms with E-state index in [1.165, 1.54) is 36.4 Å². The molecular weight excluding hydrogens is 383 g/mol. The first kappa shape index (κ1) is 21.0. The number of phenols is 1. The Morgan fingerprint density at radius 3 is 2.11 bits per heavy atom. The number of benzene rings is 3. The average molecular weight is 394 g/mol. The molecule has 27 heavy (non-hydrogen) atoms. The van der Waals surface area contributed by atoms with Gasteiger partial charge in [-0.3, -0.25) is 0 Å². The van der Waals surface area contributed by atoms with Crippen LogP contribution in [0.4, 0.5) is 11.4 Å². The fourth-order valence-electron chi connectivity index (χ4n) is 2.30. The largest absolute Gasteiger partial charge is 1.00 e. The molecule has 0 aromatic heterocycles. The van der Waals surface area contributed by atoms with Gasteiger partial charge >= 0.3 is 35.5 Å². The van der Waals surface area contributed by atoms with Gasteiger partial charge in [-0.15, -0.1) is 0 Å². The summed E-state index contributed by atoms with van der Waals surface area (Å²) in [6.07, 6.45) is 0. The van der Waals surface area contributed by atoms with Crippen molar-refractivity contribution in [1.82, 2.24) is 0 Å². The summed E-state index contributed by atoms with van der Waals surface area (Å²) in [5.41, 5.74) is 0.296. The summed E-state index contributed by atoms with van der Waals surface area (Å²) in [4.78, 5) is 10.7. The second-order valence-corrected chi connectivity index (χ2v) is 6.73. The molecule has 0 fully saturated rings. The van der Waals surface area contributed by atoms with Crippen molar-refractivity contribution >= 4 is 38.2 Å². The second-order valence-electron chi connectivity index (χ2n) is 5.35. The first-order valence-corrected chi connectivity index (χ1v) is 8.63. The fourth-order valence-corrected chi connectivity index (χ4v) is 2.81. The maximum Gasteiger partial charge on any atom is 1.00 e. The van der Waals surface area contributed by atoms with Gasteiger partial charge in [0.25, 0.3) is 0 Å². The molecule has 10 heteroatoms. The first-order valence-electron chi connectivity index (χ1n) is 7.22. The molecule has 0 bridgehead atoms. The topological polar surface area (TPSA) is 139 Å². The molecule has 3 aromatic carbocycles. The Morgan fingerprint density at radius 2 is 1.48 bits per heavy atom. The van der Waals surface area contributed by atoms with Crippen molar-refractivity contribution in [2.75, 3.05) is 0 Å². The number of carboxylic acids is 1. The predicted octanol–water partition coefficient (Wildman–Crippen LogP) is 0.567. The summed E-state index contributed by atoms with van der Waals surface area (Å²) in [5, 5.41) is 27.5. The van der Waals surface area contributed by atoms with E-state index in [1.54, 1.807) is 18.2 Å². The molecule has 0 spiro atoms. The summed E-state index contributed by atoms with van der Waals surface area (Å²) in [5.74, 6) is -1.68. The second kappa shape index (κ2) is 8.15. The molecule has 2 N–H and O–H groups in total. The van der Waals surface area contributed by atoms with Crippen LogP contribution in [0.15, 0.2) is 69.7 Å². The molecule has 0 aliphatic heterocycles. The van der Waals surface area contributed by atoms with Crippen LogP contribution >= 0.6 is 0 Å². The SMILES string of the molecule is O=C(O)c1cc(N=Nc2ccc3ccc(S(=O)(=O)[O-])cc3c2)ccc1O.[Na+]. The Morgan fingerprint density at radius 1 is 0.889 bits per heavy atom. The molecule has 0 aliphatic rings. The van der Waals surface area contributed by atoms with Crippen molar-refractivity contribution in [3.63, 3.8) is 0 Å². The molecule has 0 saturated heterocycles. The standard InChI is InChI=1S/C17H12N2O6S.Na/c20-16-6-4-13(9-15(16)17(21)22)19-18-12-3-1-10-2-5-14(26(23,24)25)8-11(10)7-12;/h1-9,20H,(H,21,22)(H,23,24,25);/q;+1/p-1. The number of aromatic hydroxyl groups is 1. The summed E-state index contributed by atoms with van der Waals surface area (Å²) >= 11 is 0. The molecule has 3 aromatic rings. The van der Waals surface area contributed by atoms with Gasteiger partial charge in [-0.25, -0.2) is 13.2 Å². The molecule has 0 amide bonds. The number of nitrogens with zero attached hydrogens (tertiary/aromatic N) is 2. The van der Waals surface area contributed by atoms with Crippen LogP contribution in [-0.4, -0.2) is 29.2 Å². The summed E-state index contributed by atoms with van der Waals surface area (Å²) in [6.45, 7) is 0. The van der Waals surface area contributed by atoms with Crippen LogP contribution in [0.25, 0.3) is 10.8 Å². The van der Waals surface area contributed by atoms with Crippen molar-refractivity contribution in [2.45, 2.75) is 4.90 Å². The van der Waals surface area contributed by atoms with Gasteiger partial charge in [-0.05, 0) is 53.2 Å². The van der Waals surface area contributed by atoms with Crippen LogP contribution < -0.4 is 29.6 Å². The zero-order valence-electron chi connectivity index (χ0n) is 14.0. The molecule has 0 aliphatic carbocycles. The van der Waals surface area contributed by atoms with Crippen molar-refractivity contribution in [1.29, 1.82) is 0 Å². The third-order valence-electron chi connectivity index (χ3n) is 3.58. The molecule has 0 heterocycles. The molecule has 3 rings (SSSR count). The van der Waals surface area contributed by atoms with Gasteiger partial charge in [-0.1, -0.05) is 12.1 Å².